The van der Waals surface area contributed by atoms with E-state index in [1.54, 1.807) is 0 Å². The van der Waals surface area contributed by atoms with Crippen LogP contribution in [0.3, 0.4) is 0 Å². The van der Waals surface area contributed by atoms with Gasteiger partial charge in [0.15, 0.2) is 0 Å². The quantitative estimate of drug-likeness (QED) is 0.741. The summed E-state index contributed by atoms with van der Waals surface area (Å²) in [7, 11) is 0. The zero-order valence-corrected chi connectivity index (χ0v) is 9.13. The smallest absolute Gasteiger partial charge is 0.227 e. The average Bonchev–Trinajstić information content (AvgIpc) is 2.02. The average molecular weight is 195 g/mol. The highest BCUT2D eigenvalue weighted by Crippen LogP contribution is 2.19. The van der Waals surface area contributed by atoms with Gasteiger partial charge >= 0.3 is 0 Å². The number of nitrogens with zero attached hydrogens (tertiary/aromatic N) is 3. The molecule has 1 aromatic rings. The maximum Gasteiger partial charge on any atom is 0.227 e. The molecule has 0 aliphatic carbocycles. The number of nitrogens with one attached hydrogen (secondary N) is 1. The van der Waals surface area contributed by atoms with Gasteiger partial charge in [0.1, 0.15) is 5.82 Å². The molecular formula is C9H17N5. The van der Waals surface area contributed by atoms with Crippen LogP contribution in [0.2, 0.25) is 0 Å². The Bertz CT molecular complexity index is 315. The summed E-state index contributed by atoms with van der Waals surface area (Å²) in [4.78, 5) is 12.4. The minimum Gasteiger partial charge on any atom is -0.368 e. The second-order valence-electron chi connectivity index (χ2n) is 4.12. The molecule has 14 heavy (non-hydrogen) atoms. The molecule has 5 heteroatoms. The zero-order valence-electron chi connectivity index (χ0n) is 9.13. The van der Waals surface area contributed by atoms with Crippen LogP contribution in [0.15, 0.2) is 0 Å². The standard InChI is InChI=1S/C9H17N5/c1-5-11-8-13-6(9(2,3)4)12-7(10)14-8/h5H2,1-4H3,(H3,10,11,12,13,14). The second-order valence-corrected chi connectivity index (χ2v) is 4.12. The SMILES string of the molecule is CCNc1nc(N)nc(C(C)(C)C)n1. The van der Waals surface area contributed by atoms with E-state index in [2.05, 4.69) is 20.3 Å². The normalized spacial score (nSPS) is 11.4. The van der Waals surface area contributed by atoms with Crippen LogP contribution in [0.1, 0.15) is 33.5 Å². The first-order valence-corrected chi connectivity index (χ1v) is 4.69. The lowest BCUT2D eigenvalue weighted by Crippen LogP contribution is -2.19. The van der Waals surface area contributed by atoms with Crippen molar-refractivity contribution in [2.24, 2.45) is 0 Å². The molecule has 0 saturated carbocycles. The molecule has 1 heterocycles. The Kier molecular flexibility index (Phi) is 2.88. The Morgan fingerprint density at radius 2 is 1.86 bits per heavy atom. The summed E-state index contributed by atoms with van der Waals surface area (Å²) in [6.45, 7) is 8.87. The van der Waals surface area contributed by atoms with E-state index in [1.165, 1.54) is 0 Å². The number of rotatable bonds is 2. The first-order chi connectivity index (χ1) is 6.43. The fourth-order valence-electron chi connectivity index (χ4n) is 0.965. The third-order valence-corrected chi connectivity index (χ3v) is 1.66. The third-order valence-electron chi connectivity index (χ3n) is 1.66. The van der Waals surface area contributed by atoms with Crippen LogP contribution in [0, 0.1) is 0 Å². The van der Waals surface area contributed by atoms with Gasteiger partial charge in [0.25, 0.3) is 0 Å². The highest BCUT2D eigenvalue weighted by Gasteiger charge is 2.18. The largest absolute Gasteiger partial charge is 0.368 e. The summed E-state index contributed by atoms with van der Waals surface area (Å²) in [5, 5.41) is 3.02. The van der Waals surface area contributed by atoms with Crippen LogP contribution in [-0.4, -0.2) is 21.5 Å². The molecule has 78 valence electrons. The summed E-state index contributed by atoms with van der Waals surface area (Å²) in [5.41, 5.74) is 5.47. The van der Waals surface area contributed by atoms with Gasteiger partial charge in [-0.3, -0.25) is 0 Å². The maximum atomic E-state index is 5.58. The Hall–Kier alpha value is -1.39. The molecule has 1 rings (SSSR count). The lowest BCUT2D eigenvalue weighted by Gasteiger charge is -2.17. The van der Waals surface area contributed by atoms with Crippen molar-refractivity contribution in [2.75, 3.05) is 17.6 Å². The summed E-state index contributed by atoms with van der Waals surface area (Å²) >= 11 is 0. The molecule has 0 fully saturated rings. The van der Waals surface area contributed by atoms with Crippen molar-refractivity contribution in [3.8, 4) is 0 Å². The lowest BCUT2D eigenvalue weighted by atomic mass is 9.96. The Labute approximate surface area is 84.2 Å². The van der Waals surface area contributed by atoms with Gasteiger partial charge in [0.05, 0.1) is 0 Å². The molecule has 0 bridgehead atoms. The van der Waals surface area contributed by atoms with Crippen LogP contribution in [0.25, 0.3) is 0 Å². The fourth-order valence-corrected chi connectivity index (χ4v) is 0.965. The Balaban J connectivity index is 3.07. The number of aromatic nitrogens is 3. The second kappa shape index (κ2) is 3.77. The van der Waals surface area contributed by atoms with Crippen molar-refractivity contribution < 1.29 is 0 Å². The molecule has 0 amide bonds. The lowest BCUT2D eigenvalue weighted by molar-refractivity contribution is 0.544. The van der Waals surface area contributed by atoms with E-state index in [4.69, 9.17) is 5.73 Å². The maximum absolute atomic E-state index is 5.58. The van der Waals surface area contributed by atoms with Crippen LogP contribution >= 0.6 is 0 Å². The van der Waals surface area contributed by atoms with Crippen molar-refractivity contribution in [3.63, 3.8) is 0 Å². The first kappa shape index (κ1) is 10.7. The number of anilines is 2. The molecule has 0 aliphatic heterocycles. The van der Waals surface area contributed by atoms with Crippen LogP contribution < -0.4 is 11.1 Å². The van der Waals surface area contributed by atoms with Crippen LogP contribution in [0.5, 0.6) is 0 Å². The molecule has 0 unspecified atom stereocenters. The summed E-state index contributed by atoms with van der Waals surface area (Å²) in [6, 6.07) is 0. The Morgan fingerprint density at radius 3 is 2.36 bits per heavy atom. The molecule has 5 nitrogen and oxygen atoms in total. The van der Waals surface area contributed by atoms with Crippen LogP contribution in [0.4, 0.5) is 11.9 Å². The monoisotopic (exact) mass is 195 g/mol. The van der Waals surface area contributed by atoms with Gasteiger partial charge in [-0.05, 0) is 6.92 Å². The minimum absolute atomic E-state index is 0.110. The van der Waals surface area contributed by atoms with E-state index in [9.17, 15) is 0 Å². The molecule has 1 aromatic heterocycles. The molecule has 0 saturated heterocycles. The third kappa shape index (κ3) is 2.55. The van der Waals surface area contributed by atoms with E-state index in [1.807, 2.05) is 27.7 Å². The molecule has 0 aliphatic rings. The van der Waals surface area contributed by atoms with E-state index in [0.717, 1.165) is 6.54 Å². The number of hydrogen-bond donors (Lipinski definition) is 2. The van der Waals surface area contributed by atoms with Gasteiger partial charge in [0.2, 0.25) is 11.9 Å². The molecular weight excluding hydrogens is 178 g/mol. The zero-order chi connectivity index (χ0) is 10.8. The van der Waals surface area contributed by atoms with E-state index in [-0.39, 0.29) is 11.4 Å². The number of hydrogen-bond acceptors (Lipinski definition) is 5. The highest BCUT2D eigenvalue weighted by atomic mass is 15.2. The van der Waals surface area contributed by atoms with Gasteiger partial charge in [-0.25, -0.2) is 0 Å². The number of nitrogen functional groups attached to an aromatic ring is 1. The van der Waals surface area contributed by atoms with Gasteiger partial charge in [-0.1, -0.05) is 20.8 Å². The van der Waals surface area contributed by atoms with Crippen molar-refractivity contribution in [1.82, 2.24) is 15.0 Å². The fraction of sp³-hybridized carbons (Fsp3) is 0.667. The predicted octanol–water partition coefficient (Wildman–Crippen LogP) is 1.18. The molecule has 0 spiro atoms. The molecule has 0 radical (unpaired) electrons. The van der Waals surface area contributed by atoms with Crippen molar-refractivity contribution in [1.29, 1.82) is 0 Å². The summed E-state index contributed by atoms with van der Waals surface area (Å²) < 4.78 is 0. The van der Waals surface area contributed by atoms with E-state index < -0.39 is 0 Å². The van der Waals surface area contributed by atoms with Gasteiger partial charge in [-0.15, -0.1) is 0 Å². The first-order valence-electron chi connectivity index (χ1n) is 4.69. The molecule has 3 N–H and O–H groups in total. The molecule has 0 aromatic carbocycles. The van der Waals surface area contributed by atoms with E-state index >= 15 is 0 Å². The van der Waals surface area contributed by atoms with Crippen LogP contribution in [-0.2, 0) is 5.41 Å². The van der Waals surface area contributed by atoms with E-state index in [0.29, 0.717) is 11.8 Å². The summed E-state index contributed by atoms with van der Waals surface area (Å²) in [5.74, 6) is 1.52. The van der Waals surface area contributed by atoms with Gasteiger partial charge < -0.3 is 11.1 Å². The van der Waals surface area contributed by atoms with Gasteiger partial charge in [-0.2, -0.15) is 15.0 Å². The minimum atomic E-state index is -0.110. The van der Waals surface area contributed by atoms with Crippen molar-refractivity contribution in [3.05, 3.63) is 5.82 Å². The number of nitrogens with two attached hydrogens (primary N) is 1. The topological polar surface area (TPSA) is 76.7 Å². The Morgan fingerprint density at radius 1 is 1.21 bits per heavy atom. The highest BCUT2D eigenvalue weighted by molar-refractivity contribution is 5.32. The molecule has 0 atom stereocenters. The van der Waals surface area contributed by atoms with Crippen molar-refractivity contribution in [2.45, 2.75) is 33.1 Å². The van der Waals surface area contributed by atoms with Crippen molar-refractivity contribution >= 4 is 11.9 Å². The summed E-state index contributed by atoms with van der Waals surface area (Å²) in [6.07, 6.45) is 0. The van der Waals surface area contributed by atoms with Gasteiger partial charge in [0, 0.05) is 12.0 Å². The predicted molar refractivity (Wildman–Crippen MR) is 57.1 cm³/mol.